The summed E-state index contributed by atoms with van der Waals surface area (Å²) in [4.78, 5) is 24.1. The van der Waals surface area contributed by atoms with Gasteiger partial charge in [-0.05, 0) is 43.0 Å². The fraction of sp³-hybridized carbons (Fsp3) is 0.579. The van der Waals surface area contributed by atoms with Gasteiger partial charge in [0.1, 0.15) is 12.4 Å². The number of alkyl halides is 3. The van der Waals surface area contributed by atoms with Gasteiger partial charge >= 0.3 is 6.18 Å². The van der Waals surface area contributed by atoms with E-state index < -0.39 is 11.7 Å². The van der Waals surface area contributed by atoms with Crippen molar-refractivity contribution in [3.8, 4) is 5.75 Å². The molecule has 2 atom stereocenters. The van der Waals surface area contributed by atoms with Crippen LogP contribution in [0.25, 0.3) is 0 Å². The summed E-state index contributed by atoms with van der Waals surface area (Å²) in [6.45, 7) is 4.47. The minimum absolute atomic E-state index is 0.00500. The van der Waals surface area contributed by atoms with Crippen molar-refractivity contribution in [3.63, 3.8) is 0 Å². The minimum Gasteiger partial charge on any atom is -0.492 e. The van der Waals surface area contributed by atoms with Crippen LogP contribution in [0, 0.1) is 11.8 Å². The number of halogens is 3. The molecular weight excluding hydrogens is 361 g/mol. The number of hydrogen-bond acceptors (Lipinski definition) is 3. The van der Waals surface area contributed by atoms with Crippen molar-refractivity contribution in [3.05, 3.63) is 29.8 Å². The van der Waals surface area contributed by atoms with Crippen LogP contribution in [-0.4, -0.2) is 31.0 Å². The molecule has 1 aliphatic heterocycles. The molecule has 0 unspecified atom stereocenters. The van der Waals surface area contributed by atoms with Gasteiger partial charge in [0.2, 0.25) is 11.8 Å². The molecule has 0 saturated carbocycles. The molecule has 150 valence electrons. The smallest absolute Gasteiger partial charge is 0.416 e. The van der Waals surface area contributed by atoms with Crippen molar-refractivity contribution >= 4 is 11.8 Å². The van der Waals surface area contributed by atoms with Crippen molar-refractivity contribution in [2.75, 3.05) is 13.2 Å². The molecule has 1 aromatic carbocycles. The third-order valence-corrected chi connectivity index (χ3v) is 4.34. The molecule has 2 rings (SSSR count). The number of ether oxygens (including phenoxy) is 1. The molecule has 8 heteroatoms. The fourth-order valence-electron chi connectivity index (χ4n) is 3.15. The van der Waals surface area contributed by atoms with Crippen LogP contribution in [0.2, 0.25) is 0 Å². The van der Waals surface area contributed by atoms with Gasteiger partial charge in [-0.1, -0.05) is 13.8 Å². The molecule has 1 aromatic rings. The van der Waals surface area contributed by atoms with E-state index in [1.165, 1.54) is 12.1 Å². The molecule has 0 aliphatic carbocycles. The summed E-state index contributed by atoms with van der Waals surface area (Å²) in [5.41, 5.74) is -0.741. The molecular formula is C19H25F3N2O3. The van der Waals surface area contributed by atoms with Crippen LogP contribution >= 0.6 is 0 Å². The number of nitrogens with one attached hydrogen (secondary N) is 2. The van der Waals surface area contributed by atoms with E-state index in [2.05, 4.69) is 24.5 Å². The van der Waals surface area contributed by atoms with Crippen LogP contribution in [-0.2, 0) is 15.8 Å². The van der Waals surface area contributed by atoms with E-state index in [0.717, 1.165) is 18.6 Å². The van der Waals surface area contributed by atoms with Crippen molar-refractivity contribution in [2.24, 2.45) is 11.8 Å². The normalized spacial score (nSPS) is 20.3. The second kappa shape index (κ2) is 9.10. The Morgan fingerprint density at radius 3 is 2.56 bits per heavy atom. The highest BCUT2D eigenvalue weighted by molar-refractivity contribution is 5.87. The highest BCUT2D eigenvalue weighted by atomic mass is 19.4. The summed E-state index contributed by atoms with van der Waals surface area (Å²) in [6, 6.07) is 4.39. The predicted octanol–water partition coefficient (Wildman–Crippen LogP) is 3.14. The molecule has 5 nitrogen and oxygen atoms in total. The molecule has 2 amide bonds. The zero-order valence-corrected chi connectivity index (χ0v) is 15.4. The second-order valence-electron chi connectivity index (χ2n) is 7.19. The van der Waals surface area contributed by atoms with Crippen LogP contribution in [0.4, 0.5) is 13.2 Å². The molecule has 0 radical (unpaired) electrons. The largest absolute Gasteiger partial charge is 0.492 e. The number of hydrogen-bond donors (Lipinski definition) is 2. The molecule has 1 fully saturated rings. The van der Waals surface area contributed by atoms with Crippen molar-refractivity contribution in [1.82, 2.24) is 10.6 Å². The Morgan fingerprint density at radius 2 is 1.96 bits per heavy atom. The Morgan fingerprint density at radius 1 is 1.30 bits per heavy atom. The van der Waals surface area contributed by atoms with Crippen molar-refractivity contribution in [1.29, 1.82) is 0 Å². The van der Waals surface area contributed by atoms with Crippen molar-refractivity contribution < 1.29 is 27.5 Å². The summed E-state index contributed by atoms with van der Waals surface area (Å²) in [6.07, 6.45) is -2.78. The first-order valence-corrected chi connectivity index (χ1v) is 9.02. The highest BCUT2D eigenvalue weighted by Gasteiger charge is 2.31. The first kappa shape index (κ1) is 21.1. The van der Waals surface area contributed by atoms with Gasteiger partial charge in [-0.25, -0.2) is 0 Å². The Bertz CT molecular complexity index is 645. The Hall–Kier alpha value is -2.25. The lowest BCUT2D eigenvalue weighted by Crippen LogP contribution is -2.47. The zero-order chi connectivity index (χ0) is 20.0. The molecule has 1 aliphatic rings. The monoisotopic (exact) mass is 386 g/mol. The summed E-state index contributed by atoms with van der Waals surface area (Å²) in [7, 11) is 0. The quantitative estimate of drug-likeness (QED) is 0.708. The van der Waals surface area contributed by atoms with Gasteiger partial charge in [0.25, 0.3) is 0 Å². The molecule has 0 spiro atoms. The maximum atomic E-state index is 12.5. The molecule has 1 saturated heterocycles. The van der Waals surface area contributed by atoms with Crippen LogP contribution in [0.5, 0.6) is 5.75 Å². The minimum atomic E-state index is -4.38. The third kappa shape index (κ3) is 6.77. The predicted molar refractivity (Wildman–Crippen MR) is 94.1 cm³/mol. The van der Waals surface area contributed by atoms with Crippen LogP contribution in [0.1, 0.15) is 38.7 Å². The Kier molecular flexibility index (Phi) is 7.10. The molecule has 27 heavy (non-hydrogen) atoms. The average Bonchev–Trinajstić information content (AvgIpc) is 2.57. The number of amides is 2. The van der Waals surface area contributed by atoms with Gasteiger partial charge in [-0.15, -0.1) is 0 Å². The second-order valence-corrected chi connectivity index (χ2v) is 7.19. The van der Waals surface area contributed by atoms with Gasteiger partial charge in [0, 0.05) is 18.4 Å². The van der Waals surface area contributed by atoms with Gasteiger partial charge in [0.15, 0.2) is 0 Å². The first-order chi connectivity index (χ1) is 12.6. The van der Waals surface area contributed by atoms with Gasteiger partial charge in [0.05, 0.1) is 12.1 Å². The third-order valence-electron chi connectivity index (χ3n) is 4.34. The molecule has 2 N–H and O–H groups in total. The van der Waals surface area contributed by atoms with Crippen molar-refractivity contribution in [2.45, 2.75) is 45.3 Å². The van der Waals surface area contributed by atoms with E-state index >= 15 is 0 Å². The van der Waals surface area contributed by atoms with E-state index in [9.17, 15) is 22.8 Å². The van der Waals surface area contributed by atoms with Crippen LogP contribution in [0.15, 0.2) is 24.3 Å². The maximum Gasteiger partial charge on any atom is 0.416 e. The highest BCUT2D eigenvalue weighted by Crippen LogP contribution is 2.30. The Labute approximate surface area is 156 Å². The summed E-state index contributed by atoms with van der Waals surface area (Å²) < 4.78 is 42.8. The van der Waals surface area contributed by atoms with Crippen LogP contribution < -0.4 is 15.4 Å². The molecule has 0 bridgehead atoms. The first-order valence-electron chi connectivity index (χ1n) is 9.02. The fourth-order valence-corrected chi connectivity index (χ4v) is 3.15. The summed E-state index contributed by atoms with van der Waals surface area (Å²) in [5, 5.41) is 5.64. The van der Waals surface area contributed by atoms with Crippen LogP contribution in [0.3, 0.4) is 0 Å². The van der Waals surface area contributed by atoms with E-state index in [-0.39, 0.29) is 43.3 Å². The lowest BCUT2D eigenvalue weighted by atomic mass is 9.87. The summed E-state index contributed by atoms with van der Waals surface area (Å²) >= 11 is 0. The van der Waals surface area contributed by atoms with E-state index in [0.29, 0.717) is 18.1 Å². The van der Waals surface area contributed by atoms with Gasteiger partial charge < -0.3 is 15.4 Å². The average molecular weight is 386 g/mol. The Balaban J connectivity index is 1.74. The zero-order valence-electron chi connectivity index (χ0n) is 15.4. The standard InChI is InChI=1S/C19H25F3N2O3/c1-12(2)9-15-10-13(11-17(25)24-15)18(26)23-7-8-27-16-5-3-14(4-6-16)19(20,21)22/h3-6,12-13,15H,7-11H2,1-2H3,(H,23,26)(H,24,25)/t13-,15-/m0/s1. The van der Waals surface area contributed by atoms with E-state index in [4.69, 9.17) is 4.74 Å². The lowest BCUT2D eigenvalue weighted by molar-refractivity contribution is -0.137. The lowest BCUT2D eigenvalue weighted by Gasteiger charge is -2.30. The van der Waals surface area contributed by atoms with E-state index in [1.807, 2.05) is 0 Å². The molecule has 1 heterocycles. The number of carbonyl (C=O) groups excluding carboxylic acids is 2. The van der Waals surface area contributed by atoms with Gasteiger partial charge in [-0.3, -0.25) is 9.59 Å². The molecule has 0 aromatic heterocycles. The topological polar surface area (TPSA) is 67.4 Å². The van der Waals surface area contributed by atoms with E-state index in [1.54, 1.807) is 0 Å². The van der Waals surface area contributed by atoms with Gasteiger partial charge in [-0.2, -0.15) is 13.2 Å². The number of rotatable bonds is 7. The summed E-state index contributed by atoms with van der Waals surface area (Å²) in [5.74, 6) is 0.0387. The SMILES string of the molecule is CC(C)C[C@H]1C[C@H](C(=O)NCCOc2ccc(C(F)(F)F)cc2)CC(=O)N1. The number of carbonyl (C=O) groups is 2. The maximum absolute atomic E-state index is 12.5. The number of piperidine rings is 1. The number of benzene rings is 1.